The van der Waals surface area contributed by atoms with Crippen molar-refractivity contribution in [3.63, 3.8) is 0 Å². The van der Waals surface area contributed by atoms with Gasteiger partial charge in [0.25, 0.3) is 6.33 Å². The number of aromatic nitrogens is 2. The van der Waals surface area contributed by atoms with Gasteiger partial charge in [-0.1, -0.05) is 0 Å². The highest BCUT2D eigenvalue weighted by Crippen LogP contribution is 1.80. The lowest BCUT2D eigenvalue weighted by atomic mass is 10.7. The first kappa shape index (κ1) is 11.4. The van der Waals surface area contributed by atoms with Crippen LogP contribution in [0.2, 0.25) is 0 Å². The van der Waals surface area contributed by atoms with E-state index < -0.39 is 5.97 Å². The molecule has 0 saturated carbocycles. The summed E-state index contributed by atoms with van der Waals surface area (Å²) >= 11 is 0. The quantitative estimate of drug-likeness (QED) is 0.472. The molecule has 0 aliphatic carbocycles. The van der Waals surface area contributed by atoms with Crippen LogP contribution in [0.25, 0.3) is 0 Å². The molecular weight excluding hydrogens is 172 g/mol. The number of aliphatic carboxylic acids is 1. The van der Waals surface area contributed by atoms with Crippen LogP contribution < -0.4 is 9.67 Å². The van der Waals surface area contributed by atoms with Gasteiger partial charge in [-0.3, -0.25) is 0 Å². The number of carbonyl (C=O) groups is 2. The van der Waals surface area contributed by atoms with Crippen molar-refractivity contribution in [1.29, 1.82) is 0 Å². The zero-order valence-electron chi connectivity index (χ0n) is 7.85. The van der Waals surface area contributed by atoms with Crippen molar-refractivity contribution in [1.82, 2.24) is 4.57 Å². The number of hydrogen-bond acceptors (Lipinski definition) is 3. The molecule has 5 heteroatoms. The van der Waals surface area contributed by atoms with Gasteiger partial charge in [-0.15, -0.1) is 0 Å². The first-order chi connectivity index (χ1) is 5.93. The second-order valence-electron chi connectivity index (χ2n) is 2.50. The molecule has 0 radical (unpaired) electrons. The number of aryl methyl sites for hydroxylation is 1. The Kier molecular flexibility index (Phi) is 4.43. The molecule has 13 heavy (non-hydrogen) atoms. The molecule has 72 valence electrons. The average Bonchev–Trinajstić information content (AvgIpc) is 2.34. The summed E-state index contributed by atoms with van der Waals surface area (Å²) in [4.78, 5) is 19.5. The summed E-state index contributed by atoms with van der Waals surface area (Å²) in [6.07, 6.45) is 5.27. The first-order valence-electron chi connectivity index (χ1n) is 3.65. The SMILES string of the molecule is CC(=O)[O-].CC(=O)n1cc[n+](C)c1. The predicted octanol–water partition coefficient (Wildman–Crippen LogP) is -1.27. The van der Waals surface area contributed by atoms with Crippen LogP contribution in [0.1, 0.15) is 18.6 Å². The minimum atomic E-state index is -1.08. The number of carboxylic acid groups (broad SMARTS) is 1. The molecule has 0 aliphatic rings. The molecule has 0 aliphatic heterocycles. The molecule has 1 aromatic rings. The molecule has 0 saturated heterocycles. The van der Waals surface area contributed by atoms with Crippen molar-refractivity contribution in [3.05, 3.63) is 18.7 Å². The highest BCUT2D eigenvalue weighted by atomic mass is 16.4. The van der Waals surface area contributed by atoms with Gasteiger partial charge in [0.05, 0.1) is 7.05 Å². The largest absolute Gasteiger partial charge is 0.550 e. The van der Waals surface area contributed by atoms with Gasteiger partial charge in [-0.05, 0) is 6.92 Å². The average molecular weight is 184 g/mol. The van der Waals surface area contributed by atoms with Crippen LogP contribution in [0.3, 0.4) is 0 Å². The van der Waals surface area contributed by atoms with Gasteiger partial charge < -0.3 is 9.90 Å². The first-order valence-corrected chi connectivity index (χ1v) is 3.65. The molecule has 0 aromatic carbocycles. The number of rotatable bonds is 0. The molecule has 0 fully saturated rings. The lowest BCUT2D eigenvalue weighted by Crippen LogP contribution is -2.24. The number of imidazole rings is 1. The Bertz CT molecular complexity index is 300. The standard InChI is InChI=1S/C6H9N2O.C2H4O2/c1-6(9)8-4-3-7(2)5-8;1-2(3)4/h3-5H,1-2H3;1H3,(H,3,4)/q+1;/p-1. The molecule has 0 unspecified atom stereocenters. The second-order valence-corrected chi connectivity index (χ2v) is 2.50. The third kappa shape index (κ3) is 5.60. The molecule has 1 rings (SSSR count). The molecule has 1 aromatic heterocycles. The van der Waals surface area contributed by atoms with E-state index in [1.807, 2.05) is 17.8 Å². The molecule has 0 amide bonds. The Balaban J connectivity index is 0.000000310. The lowest BCUT2D eigenvalue weighted by molar-refractivity contribution is -0.670. The van der Waals surface area contributed by atoms with E-state index in [2.05, 4.69) is 0 Å². The third-order valence-electron chi connectivity index (χ3n) is 1.13. The molecule has 0 bridgehead atoms. The van der Waals surface area contributed by atoms with E-state index in [-0.39, 0.29) is 5.91 Å². The van der Waals surface area contributed by atoms with E-state index in [0.29, 0.717) is 0 Å². The van der Waals surface area contributed by atoms with Gasteiger partial charge >= 0.3 is 5.91 Å². The van der Waals surface area contributed by atoms with Crippen LogP contribution >= 0.6 is 0 Å². The Morgan fingerprint density at radius 2 is 1.85 bits per heavy atom. The van der Waals surface area contributed by atoms with E-state index in [9.17, 15) is 4.79 Å². The van der Waals surface area contributed by atoms with Crippen molar-refractivity contribution >= 4 is 11.9 Å². The smallest absolute Gasteiger partial charge is 0.310 e. The number of carbonyl (C=O) groups excluding carboxylic acids is 2. The van der Waals surface area contributed by atoms with Gasteiger partial charge in [0, 0.05) is 12.9 Å². The highest BCUT2D eigenvalue weighted by molar-refractivity contribution is 5.75. The molecule has 0 N–H and O–H groups in total. The summed E-state index contributed by atoms with van der Waals surface area (Å²) in [6, 6.07) is 0. The summed E-state index contributed by atoms with van der Waals surface area (Å²) < 4.78 is 3.35. The van der Waals surface area contributed by atoms with Gasteiger partial charge in [0.2, 0.25) is 0 Å². The normalized spacial score (nSPS) is 8.54. The van der Waals surface area contributed by atoms with Crippen molar-refractivity contribution in [3.8, 4) is 0 Å². The number of nitrogens with zero attached hydrogens (tertiary/aromatic N) is 2. The number of hydrogen-bond donors (Lipinski definition) is 0. The Morgan fingerprint density at radius 1 is 1.38 bits per heavy atom. The molecule has 0 atom stereocenters. The molecule has 0 spiro atoms. The summed E-state index contributed by atoms with van der Waals surface area (Å²) in [5, 5.41) is 8.89. The van der Waals surface area contributed by atoms with Crippen molar-refractivity contribution in [2.45, 2.75) is 13.8 Å². The maximum atomic E-state index is 10.6. The van der Waals surface area contributed by atoms with Crippen molar-refractivity contribution in [2.75, 3.05) is 0 Å². The fourth-order valence-electron chi connectivity index (χ4n) is 0.636. The maximum absolute atomic E-state index is 10.6. The lowest BCUT2D eigenvalue weighted by Gasteiger charge is -1.80. The van der Waals surface area contributed by atoms with Crippen LogP contribution in [-0.2, 0) is 11.8 Å². The van der Waals surface area contributed by atoms with Gasteiger partial charge in [0.15, 0.2) is 0 Å². The van der Waals surface area contributed by atoms with Crippen molar-refractivity contribution < 1.29 is 19.3 Å². The van der Waals surface area contributed by atoms with E-state index in [1.165, 1.54) is 11.5 Å². The monoisotopic (exact) mass is 184 g/mol. The zero-order chi connectivity index (χ0) is 10.4. The maximum Gasteiger partial charge on any atom is 0.310 e. The van der Waals surface area contributed by atoms with Crippen LogP contribution in [0.5, 0.6) is 0 Å². The number of carboxylic acids is 1. The highest BCUT2D eigenvalue weighted by Gasteiger charge is 2.02. The van der Waals surface area contributed by atoms with Crippen molar-refractivity contribution in [2.24, 2.45) is 7.05 Å². The molecule has 5 nitrogen and oxygen atoms in total. The minimum absolute atomic E-state index is 0.0376. The summed E-state index contributed by atoms with van der Waals surface area (Å²) in [5.41, 5.74) is 0. The van der Waals surface area contributed by atoms with E-state index >= 15 is 0 Å². The predicted molar refractivity (Wildman–Crippen MR) is 42.6 cm³/mol. The Morgan fingerprint density at radius 3 is 2.00 bits per heavy atom. The zero-order valence-corrected chi connectivity index (χ0v) is 7.85. The topological polar surface area (TPSA) is 66.0 Å². The van der Waals surface area contributed by atoms with Gasteiger partial charge in [0.1, 0.15) is 12.4 Å². The van der Waals surface area contributed by atoms with E-state index in [1.54, 1.807) is 12.5 Å². The van der Waals surface area contributed by atoms with Crippen LogP contribution in [0, 0.1) is 0 Å². The summed E-state index contributed by atoms with van der Waals surface area (Å²) in [6.45, 7) is 2.50. The van der Waals surface area contributed by atoms with Gasteiger partial charge in [-0.2, -0.15) is 4.57 Å². The molecular formula is C8H12N2O3. The Hall–Kier alpha value is -1.65. The van der Waals surface area contributed by atoms with E-state index in [4.69, 9.17) is 9.90 Å². The van der Waals surface area contributed by atoms with Crippen LogP contribution in [0.15, 0.2) is 18.7 Å². The van der Waals surface area contributed by atoms with E-state index in [0.717, 1.165) is 6.92 Å². The fourth-order valence-corrected chi connectivity index (χ4v) is 0.636. The van der Waals surface area contributed by atoms with Crippen LogP contribution in [-0.4, -0.2) is 16.4 Å². The van der Waals surface area contributed by atoms with Gasteiger partial charge in [-0.25, -0.2) is 9.36 Å². The summed E-state index contributed by atoms with van der Waals surface area (Å²) in [7, 11) is 1.87. The summed E-state index contributed by atoms with van der Waals surface area (Å²) in [5.74, 6) is -1.05. The third-order valence-corrected chi connectivity index (χ3v) is 1.13. The molecule has 1 heterocycles. The second kappa shape index (κ2) is 5.08. The Labute approximate surface area is 76.2 Å². The fraction of sp³-hybridized carbons (Fsp3) is 0.375. The minimum Gasteiger partial charge on any atom is -0.550 e. The van der Waals surface area contributed by atoms with Crippen LogP contribution in [0.4, 0.5) is 0 Å².